The molecular formula is C20H14BrClN2O2S2. The number of nitrogens with zero attached hydrogens (tertiary/aromatic N) is 1. The van der Waals surface area contributed by atoms with E-state index < -0.39 is 0 Å². The molecule has 1 amide bonds. The van der Waals surface area contributed by atoms with Crippen LogP contribution >= 0.6 is 34.7 Å². The minimum atomic E-state index is -0.151. The summed E-state index contributed by atoms with van der Waals surface area (Å²) >= 11 is 8.80. The van der Waals surface area contributed by atoms with Gasteiger partial charge in [0.1, 0.15) is 11.3 Å². The summed E-state index contributed by atoms with van der Waals surface area (Å²) < 4.78 is 2.49. The number of benzene rings is 2. The van der Waals surface area contributed by atoms with Crippen molar-refractivity contribution >= 4 is 58.3 Å². The normalized spacial score (nSPS) is 13.9. The zero-order chi connectivity index (χ0) is 18.8. The van der Waals surface area contributed by atoms with Crippen molar-refractivity contribution in [3.63, 3.8) is 0 Å². The summed E-state index contributed by atoms with van der Waals surface area (Å²) in [5.74, 6) is -0.254. The molecule has 1 aliphatic heterocycles. The molecule has 0 fully saturated rings. The van der Waals surface area contributed by atoms with Gasteiger partial charge in [-0.1, -0.05) is 53.3 Å². The highest BCUT2D eigenvalue weighted by molar-refractivity contribution is 8.05. The topological polar surface area (TPSA) is 50.0 Å². The molecule has 1 aromatic heterocycles. The number of anilines is 1. The van der Waals surface area contributed by atoms with Gasteiger partial charge in [0.2, 0.25) is 11.6 Å². The van der Waals surface area contributed by atoms with Gasteiger partial charge in [-0.25, -0.2) is 4.79 Å². The van der Waals surface area contributed by atoms with Gasteiger partial charge in [0.05, 0.1) is 5.38 Å². The van der Waals surface area contributed by atoms with Crippen molar-refractivity contribution in [1.29, 1.82) is 0 Å². The van der Waals surface area contributed by atoms with Crippen LogP contribution in [-0.2, 0) is 11.2 Å². The summed E-state index contributed by atoms with van der Waals surface area (Å²) in [6.45, 7) is 0. The highest BCUT2D eigenvalue weighted by Crippen LogP contribution is 2.35. The third-order valence-electron chi connectivity index (χ3n) is 3.94. The molecule has 0 aliphatic carbocycles. The first-order valence-electron chi connectivity index (χ1n) is 8.17. The number of allylic oxidation sites excluding steroid dienone is 1. The number of fused-ring (bicyclic) bond motifs is 1. The van der Waals surface area contributed by atoms with Crippen LogP contribution in [0.3, 0.4) is 0 Å². The van der Waals surface area contributed by atoms with E-state index in [4.69, 9.17) is 11.6 Å². The van der Waals surface area contributed by atoms with E-state index in [1.54, 1.807) is 16.7 Å². The first-order valence-corrected chi connectivity index (χ1v) is 10.2. The number of aromatic nitrogens is 1. The van der Waals surface area contributed by atoms with E-state index in [0.29, 0.717) is 15.6 Å². The molecule has 1 aliphatic rings. The molecule has 0 atom stereocenters. The van der Waals surface area contributed by atoms with Gasteiger partial charge in [0, 0.05) is 22.5 Å². The van der Waals surface area contributed by atoms with Crippen molar-refractivity contribution in [3.8, 4) is 0 Å². The van der Waals surface area contributed by atoms with Crippen LogP contribution < -0.4 is 26.9 Å². The third-order valence-corrected chi connectivity index (χ3v) is 6.38. The van der Waals surface area contributed by atoms with Gasteiger partial charge in [0.15, 0.2) is 0 Å². The lowest BCUT2D eigenvalue weighted by Gasteiger charge is -2.02. The number of nitrogens with one attached hydrogen (secondary N) is 1. The maximum absolute atomic E-state index is 12.8. The van der Waals surface area contributed by atoms with E-state index >= 15 is 0 Å². The van der Waals surface area contributed by atoms with Gasteiger partial charge in [-0.2, -0.15) is 0 Å². The van der Waals surface area contributed by atoms with Crippen molar-refractivity contribution in [2.24, 2.45) is 0 Å². The standard InChI is InChI=1S/C20H13ClN2O2S2.BrH/c21-14-8-6-13(7-9-14)10-17-19(25)23-16(12-26-20(23)27-17)11-18(24)22-15-4-2-1-3-5-15;/h1-10,12H,11H2;1H/b17-10-;. The SMILES string of the molecule is O=C(Cc1csc2[n+]1C(=O)/C(=C/c1ccc(Cl)cc1)S2)Nc1ccccc1.[Br-]. The monoisotopic (exact) mass is 492 g/mol. The molecule has 4 rings (SSSR count). The second-order valence-electron chi connectivity index (χ2n) is 5.89. The number of halogens is 2. The van der Waals surface area contributed by atoms with Crippen LogP contribution in [0.4, 0.5) is 5.69 Å². The second-order valence-corrected chi connectivity index (χ2v) is 8.47. The molecule has 0 unspecified atom stereocenters. The molecule has 8 heteroatoms. The highest BCUT2D eigenvalue weighted by atomic mass is 79.9. The minimum Gasteiger partial charge on any atom is -1.00 e. The number of amides is 1. The smallest absolute Gasteiger partial charge is 0.433 e. The van der Waals surface area contributed by atoms with E-state index in [0.717, 1.165) is 15.6 Å². The Hall–Kier alpha value is -1.93. The van der Waals surface area contributed by atoms with Crippen LogP contribution in [0.2, 0.25) is 5.02 Å². The summed E-state index contributed by atoms with van der Waals surface area (Å²) in [5.41, 5.74) is 2.35. The second kappa shape index (κ2) is 9.05. The largest absolute Gasteiger partial charge is 1.00 e. The van der Waals surface area contributed by atoms with Crippen molar-refractivity contribution in [3.05, 3.63) is 81.2 Å². The Balaban J connectivity index is 0.00000225. The molecule has 4 nitrogen and oxygen atoms in total. The van der Waals surface area contributed by atoms with Gasteiger partial charge >= 0.3 is 10.2 Å². The molecule has 2 aromatic carbocycles. The lowest BCUT2D eigenvalue weighted by atomic mass is 10.2. The summed E-state index contributed by atoms with van der Waals surface area (Å²) in [7, 11) is 0. The summed E-state index contributed by atoms with van der Waals surface area (Å²) in [6.07, 6.45) is 1.99. The predicted molar refractivity (Wildman–Crippen MR) is 109 cm³/mol. The Bertz CT molecular complexity index is 1050. The van der Waals surface area contributed by atoms with Crippen LogP contribution in [0.25, 0.3) is 6.08 Å². The van der Waals surface area contributed by atoms with Crippen LogP contribution in [0.15, 0.2) is 69.2 Å². The Morgan fingerprint density at radius 2 is 1.82 bits per heavy atom. The van der Waals surface area contributed by atoms with E-state index in [-0.39, 0.29) is 35.2 Å². The molecule has 0 saturated carbocycles. The lowest BCUT2D eigenvalue weighted by Crippen LogP contribution is -3.00. The van der Waals surface area contributed by atoms with E-state index in [1.165, 1.54) is 23.1 Å². The van der Waals surface area contributed by atoms with Crippen LogP contribution in [0, 0.1) is 0 Å². The fourth-order valence-electron chi connectivity index (χ4n) is 2.69. The molecule has 2 heterocycles. The molecule has 0 bridgehead atoms. The molecule has 28 heavy (non-hydrogen) atoms. The number of rotatable bonds is 4. The fourth-order valence-corrected chi connectivity index (χ4v) is 5.00. The fraction of sp³-hybridized carbons (Fsp3) is 0.0500. The van der Waals surface area contributed by atoms with Crippen LogP contribution in [0.1, 0.15) is 16.1 Å². The number of hydrogen-bond acceptors (Lipinski definition) is 4. The quantitative estimate of drug-likeness (QED) is 0.444. The zero-order valence-electron chi connectivity index (χ0n) is 14.4. The summed E-state index contributed by atoms with van der Waals surface area (Å²) in [5, 5.41) is 5.37. The van der Waals surface area contributed by atoms with Crippen molar-refractivity contribution in [2.75, 3.05) is 5.32 Å². The van der Waals surface area contributed by atoms with Gasteiger partial charge in [-0.15, -0.1) is 4.57 Å². The molecule has 3 aromatic rings. The van der Waals surface area contributed by atoms with Crippen molar-refractivity contribution in [2.45, 2.75) is 10.8 Å². The molecule has 0 saturated heterocycles. The van der Waals surface area contributed by atoms with Crippen molar-refractivity contribution in [1.82, 2.24) is 0 Å². The molecular weight excluding hydrogens is 480 g/mol. The number of thiazole rings is 1. The Labute approximate surface area is 186 Å². The predicted octanol–water partition coefficient (Wildman–Crippen LogP) is 1.66. The van der Waals surface area contributed by atoms with E-state index in [9.17, 15) is 9.59 Å². The third kappa shape index (κ3) is 4.55. The molecule has 0 radical (unpaired) electrons. The summed E-state index contributed by atoms with van der Waals surface area (Å²) in [4.78, 5) is 25.8. The first-order chi connectivity index (χ1) is 13.1. The van der Waals surface area contributed by atoms with Gasteiger partial charge in [-0.05, 0) is 35.9 Å². The number of para-hydroxylation sites is 1. The number of hydrogen-bond donors (Lipinski definition) is 1. The Kier molecular flexibility index (Phi) is 6.72. The maximum atomic E-state index is 12.8. The van der Waals surface area contributed by atoms with Crippen LogP contribution in [-0.4, -0.2) is 11.8 Å². The van der Waals surface area contributed by atoms with E-state index in [2.05, 4.69) is 5.32 Å². The number of thioether (sulfide) groups is 1. The molecule has 142 valence electrons. The Morgan fingerprint density at radius 3 is 2.54 bits per heavy atom. The average molecular weight is 494 g/mol. The molecule has 0 spiro atoms. The summed E-state index contributed by atoms with van der Waals surface area (Å²) in [6, 6.07) is 16.6. The van der Waals surface area contributed by atoms with E-state index in [1.807, 2.05) is 53.9 Å². The van der Waals surface area contributed by atoms with Crippen LogP contribution in [0.5, 0.6) is 0 Å². The first kappa shape index (κ1) is 20.8. The molecule has 1 N–H and O–H groups in total. The lowest BCUT2D eigenvalue weighted by molar-refractivity contribution is -0.607. The van der Waals surface area contributed by atoms with Gasteiger partial charge in [0.25, 0.3) is 0 Å². The van der Waals surface area contributed by atoms with Gasteiger partial charge in [-0.3, -0.25) is 4.79 Å². The number of carbonyl (C=O) groups is 2. The van der Waals surface area contributed by atoms with Gasteiger partial charge < -0.3 is 22.3 Å². The highest BCUT2D eigenvalue weighted by Gasteiger charge is 2.40. The Morgan fingerprint density at radius 1 is 1.11 bits per heavy atom. The maximum Gasteiger partial charge on any atom is 0.433 e. The minimum absolute atomic E-state index is 0. The zero-order valence-corrected chi connectivity index (χ0v) is 18.4. The number of carbonyl (C=O) groups excluding carboxylic acids is 2. The average Bonchev–Trinajstić information content (AvgIpc) is 3.18. The van der Waals surface area contributed by atoms with Crippen molar-refractivity contribution < 1.29 is 31.1 Å².